The zero-order valence-electron chi connectivity index (χ0n) is 38.3. The van der Waals surface area contributed by atoms with Crippen molar-refractivity contribution in [3.8, 4) is 23.3 Å². The molecule has 12 nitrogen and oxygen atoms in total. The number of hydrogen-bond donors (Lipinski definition) is 2. The second kappa shape index (κ2) is 21.9. The third-order valence-corrected chi connectivity index (χ3v) is 13.3. The van der Waals surface area contributed by atoms with Crippen molar-refractivity contribution in [3.63, 3.8) is 0 Å². The van der Waals surface area contributed by atoms with Crippen molar-refractivity contribution in [1.29, 1.82) is 0 Å². The molecule has 2 N–H and O–H groups in total. The van der Waals surface area contributed by atoms with Gasteiger partial charge in [-0.2, -0.15) is 0 Å². The van der Waals surface area contributed by atoms with Crippen molar-refractivity contribution in [2.75, 3.05) is 27.4 Å². The van der Waals surface area contributed by atoms with Gasteiger partial charge in [0.25, 0.3) is 5.56 Å². The van der Waals surface area contributed by atoms with Gasteiger partial charge in [-0.1, -0.05) is 78.6 Å². The molecule has 0 radical (unpaired) electrons. The van der Waals surface area contributed by atoms with Crippen LogP contribution in [0.3, 0.4) is 0 Å². The van der Waals surface area contributed by atoms with Gasteiger partial charge < -0.3 is 28.8 Å². The van der Waals surface area contributed by atoms with Crippen molar-refractivity contribution in [3.05, 3.63) is 163 Å². The zero-order valence-corrected chi connectivity index (χ0v) is 39.3. The minimum Gasteiger partial charge on any atom is -0.497 e. The highest BCUT2D eigenvalue weighted by atomic mass is 31.1. The average Bonchev–Trinajstić information content (AvgIpc) is 3.69. The Morgan fingerprint density at radius 3 is 2.06 bits per heavy atom. The van der Waals surface area contributed by atoms with Crippen LogP contribution >= 0.6 is 8.96 Å². The normalized spacial score (nSPS) is 16.4. The van der Waals surface area contributed by atoms with E-state index in [0.717, 1.165) is 27.8 Å². The second-order valence-corrected chi connectivity index (χ2v) is 17.6. The zero-order chi connectivity index (χ0) is 46.0. The molecule has 338 valence electrons. The van der Waals surface area contributed by atoms with Crippen molar-refractivity contribution in [2.24, 2.45) is 0 Å². The highest BCUT2D eigenvalue weighted by Gasteiger charge is 2.43. The van der Waals surface area contributed by atoms with Gasteiger partial charge in [0.15, 0.2) is 0 Å². The van der Waals surface area contributed by atoms with Crippen molar-refractivity contribution in [1.82, 2.24) is 19.5 Å². The molecule has 1 aromatic heterocycles. The molecule has 4 unspecified atom stereocenters. The summed E-state index contributed by atoms with van der Waals surface area (Å²) in [6.45, 7) is 14.8. The molecule has 1 aliphatic rings. The van der Waals surface area contributed by atoms with E-state index in [4.69, 9.17) is 23.5 Å². The molecule has 0 saturated carbocycles. The van der Waals surface area contributed by atoms with E-state index in [9.17, 15) is 14.4 Å². The SMILES string of the molecule is COc1ccc(C(OCC2OC(n3cc(C#CCNC(=O)CCc4cc(C)c(C)cc4C)c(=O)[nH]c3=O)CC2OPN(C(C)C)C(C)C)(c2ccccc2)c2ccc(OC)cc2)cc1. The average molecular weight is 889 g/mol. The molecule has 2 heterocycles. The van der Waals surface area contributed by atoms with E-state index >= 15 is 0 Å². The van der Waals surface area contributed by atoms with Gasteiger partial charge in [-0.15, -0.1) is 0 Å². The summed E-state index contributed by atoms with van der Waals surface area (Å²) < 4.78 is 35.4. The number of carbonyl (C=O) groups is 1. The molecule has 4 atom stereocenters. The number of aromatic amines is 1. The molecular weight excluding hydrogens is 828 g/mol. The summed E-state index contributed by atoms with van der Waals surface area (Å²) in [6.07, 6.45) is 0.671. The quantitative estimate of drug-likeness (QED) is 0.0512. The molecule has 0 spiro atoms. The topological polar surface area (TPSA) is 133 Å². The number of amides is 1. The lowest BCUT2D eigenvalue weighted by molar-refractivity contribution is -0.120. The number of methoxy groups -OCH3 is 2. The third kappa shape index (κ3) is 11.4. The van der Waals surface area contributed by atoms with Crippen LogP contribution in [0.1, 0.15) is 91.3 Å². The Kier molecular flexibility index (Phi) is 16.4. The van der Waals surface area contributed by atoms with E-state index in [1.807, 2.05) is 78.9 Å². The summed E-state index contributed by atoms with van der Waals surface area (Å²) >= 11 is 0. The first-order valence-electron chi connectivity index (χ1n) is 21.7. The minimum atomic E-state index is -1.12. The number of H-pyrrole nitrogens is 1. The van der Waals surface area contributed by atoms with Crippen LogP contribution in [0, 0.1) is 32.6 Å². The van der Waals surface area contributed by atoms with Crippen LogP contribution in [0.25, 0.3) is 0 Å². The summed E-state index contributed by atoms with van der Waals surface area (Å²) in [5.74, 6) is 7.00. The van der Waals surface area contributed by atoms with E-state index in [-0.39, 0.29) is 45.7 Å². The molecule has 1 fully saturated rings. The Morgan fingerprint density at radius 1 is 0.875 bits per heavy atom. The van der Waals surface area contributed by atoms with Gasteiger partial charge in [0, 0.05) is 31.1 Å². The van der Waals surface area contributed by atoms with Crippen LogP contribution in [0.2, 0.25) is 0 Å². The van der Waals surface area contributed by atoms with E-state index in [1.54, 1.807) is 14.2 Å². The predicted octanol–water partition coefficient (Wildman–Crippen LogP) is 7.89. The first kappa shape index (κ1) is 47.9. The summed E-state index contributed by atoms with van der Waals surface area (Å²) in [6, 6.07) is 30.3. The van der Waals surface area contributed by atoms with E-state index in [2.05, 4.69) is 87.4 Å². The van der Waals surface area contributed by atoms with Crippen LogP contribution in [0.4, 0.5) is 0 Å². The Hall–Kier alpha value is -5.54. The number of aryl methyl sites for hydroxylation is 4. The molecule has 6 rings (SSSR count). The fraction of sp³-hybridized carbons (Fsp3) is 0.392. The van der Waals surface area contributed by atoms with Gasteiger partial charge in [0.1, 0.15) is 35.0 Å². The minimum absolute atomic E-state index is 0.00537. The molecule has 5 aromatic rings. The van der Waals surface area contributed by atoms with Gasteiger partial charge >= 0.3 is 5.69 Å². The van der Waals surface area contributed by atoms with Gasteiger partial charge in [-0.3, -0.25) is 23.8 Å². The summed E-state index contributed by atoms with van der Waals surface area (Å²) in [4.78, 5) is 41.7. The van der Waals surface area contributed by atoms with Crippen LogP contribution in [0.15, 0.2) is 107 Å². The highest BCUT2D eigenvalue weighted by Crippen LogP contribution is 2.44. The van der Waals surface area contributed by atoms with Crippen molar-refractivity contribution in [2.45, 2.75) is 104 Å². The smallest absolute Gasteiger partial charge is 0.330 e. The molecule has 1 aliphatic heterocycles. The van der Waals surface area contributed by atoms with Gasteiger partial charge in [-0.25, -0.2) is 4.79 Å². The fourth-order valence-electron chi connectivity index (χ4n) is 8.06. The van der Waals surface area contributed by atoms with Crippen LogP contribution in [-0.2, 0) is 30.8 Å². The predicted molar refractivity (Wildman–Crippen MR) is 252 cm³/mol. The summed E-state index contributed by atoms with van der Waals surface area (Å²) in [7, 11) is 3.27. The highest BCUT2D eigenvalue weighted by molar-refractivity contribution is 7.29. The largest absolute Gasteiger partial charge is 0.497 e. The Bertz CT molecular complexity index is 2470. The molecule has 13 heteroatoms. The van der Waals surface area contributed by atoms with Crippen LogP contribution in [0.5, 0.6) is 11.5 Å². The number of rotatable bonds is 18. The molecule has 64 heavy (non-hydrogen) atoms. The van der Waals surface area contributed by atoms with Gasteiger partial charge in [0.05, 0.1) is 42.4 Å². The number of hydrogen-bond acceptors (Lipinski definition) is 9. The third-order valence-electron chi connectivity index (χ3n) is 11.7. The first-order chi connectivity index (χ1) is 30.7. The Morgan fingerprint density at radius 2 is 1.47 bits per heavy atom. The molecule has 1 saturated heterocycles. The summed E-state index contributed by atoms with van der Waals surface area (Å²) in [5.41, 5.74) is 4.98. The number of nitrogens with one attached hydrogen (secondary N) is 2. The molecule has 0 bridgehead atoms. The maximum atomic E-state index is 13.5. The lowest BCUT2D eigenvalue weighted by atomic mass is 9.80. The lowest BCUT2D eigenvalue weighted by Crippen LogP contribution is -2.38. The van der Waals surface area contributed by atoms with Gasteiger partial charge in [0.2, 0.25) is 5.91 Å². The van der Waals surface area contributed by atoms with E-state index in [1.165, 1.54) is 21.9 Å². The lowest BCUT2D eigenvalue weighted by Gasteiger charge is -2.37. The molecule has 4 aromatic carbocycles. The van der Waals surface area contributed by atoms with Crippen molar-refractivity contribution < 1.29 is 28.3 Å². The monoisotopic (exact) mass is 888 g/mol. The summed E-state index contributed by atoms with van der Waals surface area (Å²) in [5, 5.41) is 2.83. The fourth-order valence-corrected chi connectivity index (χ4v) is 8.99. The van der Waals surface area contributed by atoms with E-state index < -0.39 is 35.3 Å². The first-order valence-corrected chi connectivity index (χ1v) is 22.6. The molecule has 0 aliphatic carbocycles. The van der Waals surface area contributed by atoms with E-state index in [0.29, 0.717) is 30.8 Å². The Labute approximate surface area is 378 Å². The van der Waals surface area contributed by atoms with Crippen LogP contribution in [-0.4, -0.2) is 71.8 Å². The van der Waals surface area contributed by atoms with Gasteiger partial charge in [-0.05, 0) is 118 Å². The molecule has 1 amide bonds. The maximum absolute atomic E-state index is 13.5. The van der Waals surface area contributed by atoms with Crippen molar-refractivity contribution >= 4 is 14.9 Å². The number of ether oxygens (including phenoxy) is 4. The number of aromatic nitrogens is 2. The van der Waals surface area contributed by atoms with Crippen LogP contribution < -0.4 is 26.0 Å². The Balaban J connectivity index is 1.27. The number of carbonyl (C=O) groups excluding carboxylic acids is 1. The standard InChI is InChI=1S/C51H61N4O8P/c1-33(2)55(34(3)4)64-63-45-30-48(54-31-39(49(57)53-50(54)58)14-13-27-52-47(56)26-17-38-29-36(6)35(5)28-37(38)7)62-46(45)32-61-51(40-15-11-10-12-16-40,41-18-22-43(59-8)23-19-41)42-20-24-44(60-9)25-21-42/h10-12,15-16,18-25,28-29,31,33-34,45-46,48,64H,17,26-27,30,32H2,1-9H3,(H,52,56)(H,53,57,58). The maximum Gasteiger partial charge on any atom is 0.330 e. The number of benzene rings is 4. The molecular formula is C51H61N4O8P. The second-order valence-electron chi connectivity index (χ2n) is 16.7. The number of nitrogens with zero attached hydrogens (tertiary/aromatic N) is 2.